The summed E-state index contributed by atoms with van der Waals surface area (Å²) in [6.45, 7) is 1.99. The molecule has 2 aromatic rings. The van der Waals surface area contributed by atoms with E-state index in [0.717, 1.165) is 53.0 Å². The van der Waals surface area contributed by atoms with Crippen molar-refractivity contribution >= 4 is 17.5 Å². The molecule has 17 heteroatoms. The average Bonchev–Trinajstić information content (AvgIpc) is 3.49. The Labute approximate surface area is 287 Å². The Morgan fingerprint density at radius 1 is 1.02 bits per heavy atom. The van der Waals surface area contributed by atoms with E-state index in [1.54, 1.807) is 25.3 Å². The number of benzene rings is 1. The number of anilines is 1. The number of unbranched alkanes of at least 4 members (excludes halogenated alkanes) is 2. The smallest absolute Gasteiger partial charge is 0.330 e. The van der Waals surface area contributed by atoms with Gasteiger partial charge in [0.15, 0.2) is 12.5 Å². The summed E-state index contributed by atoms with van der Waals surface area (Å²) in [5.74, 6) is -1.24. The van der Waals surface area contributed by atoms with Gasteiger partial charge in [0.2, 0.25) is 5.91 Å². The van der Waals surface area contributed by atoms with Crippen molar-refractivity contribution in [3.05, 3.63) is 74.7 Å². The van der Waals surface area contributed by atoms with Crippen molar-refractivity contribution in [3.63, 3.8) is 0 Å². The molecule has 0 radical (unpaired) electrons. The van der Waals surface area contributed by atoms with Gasteiger partial charge in [-0.05, 0) is 43.7 Å². The van der Waals surface area contributed by atoms with Crippen LogP contribution < -0.4 is 22.3 Å². The van der Waals surface area contributed by atoms with E-state index in [4.69, 9.17) is 19.9 Å². The Morgan fingerprint density at radius 3 is 2.38 bits per heavy atom. The summed E-state index contributed by atoms with van der Waals surface area (Å²) in [5, 5.41) is 46.4. The maximum Gasteiger partial charge on any atom is 0.330 e. The first-order chi connectivity index (χ1) is 23.9. The fraction of sp³-hybridized carbons (Fsp3) is 0.576. The molecule has 8 unspecified atom stereocenters. The average molecular weight is 703 g/mol. The fourth-order valence-corrected chi connectivity index (χ4v) is 6.47. The number of H-pyrrole nitrogens is 1. The molecule has 50 heavy (non-hydrogen) atoms. The van der Waals surface area contributed by atoms with Crippen LogP contribution in [0, 0.1) is 0 Å². The molecule has 3 aliphatic rings. The number of aromatic nitrogens is 2. The van der Waals surface area contributed by atoms with Gasteiger partial charge in [-0.25, -0.2) is 4.79 Å². The van der Waals surface area contributed by atoms with E-state index < -0.39 is 84.4 Å². The maximum atomic E-state index is 14.3. The number of aryl methyl sites for hydroxylation is 1. The highest BCUT2D eigenvalue weighted by Crippen LogP contribution is 2.36. The number of hydrogen-bond acceptors (Lipinski definition) is 13. The molecule has 0 spiro atoms. The van der Waals surface area contributed by atoms with Gasteiger partial charge >= 0.3 is 5.69 Å². The van der Waals surface area contributed by atoms with Crippen molar-refractivity contribution in [1.29, 1.82) is 0 Å². The van der Waals surface area contributed by atoms with Crippen molar-refractivity contribution < 1.29 is 44.2 Å². The summed E-state index contributed by atoms with van der Waals surface area (Å²) in [6, 6.07) is 7.15. The van der Waals surface area contributed by atoms with Crippen LogP contribution in [-0.2, 0) is 30.2 Å². The molecule has 2 saturated heterocycles. The lowest BCUT2D eigenvalue weighted by molar-refractivity contribution is -0.232. The zero-order valence-electron chi connectivity index (χ0n) is 28.1. The molecule has 5 rings (SSSR count). The first-order valence-corrected chi connectivity index (χ1v) is 16.6. The molecule has 4 heterocycles. The summed E-state index contributed by atoms with van der Waals surface area (Å²) >= 11 is 0. The van der Waals surface area contributed by atoms with Gasteiger partial charge in [0.05, 0.1) is 0 Å². The number of aromatic amines is 1. The first-order valence-electron chi connectivity index (χ1n) is 16.6. The second kappa shape index (κ2) is 16.1. The lowest BCUT2D eigenvalue weighted by Crippen LogP contribution is -2.59. The van der Waals surface area contributed by atoms with Crippen LogP contribution in [0.4, 0.5) is 5.69 Å². The number of rotatable bonds is 12. The summed E-state index contributed by atoms with van der Waals surface area (Å²) < 4.78 is 18.7. The van der Waals surface area contributed by atoms with Gasteiger partial charge in [-0.2, -0.15) is 0 Å². The number of aliphatic hydroxyl groups is 4. The number of likely N-dealkylation sites (N-methyl/N-ethyl adjacent to an activating group) is 2. The minimum Gasteiger partial charge on any atom is -0.387 e. The molecule has 3 aliphatic heterocycles. The van der Waals surface area contributed by atoms with Crippen LogP contribution in [0.15, 0.2) is 57.9 Å². The van der Waals surface area contributed by atoms with Crippen molar-refractivity contribution in [2.75, 3.05) is 32.5 Å². The standard InChI is InChI=1S/C33H46N6O11/c1-4-5-6-7-17-8-10-18(11-9-17)35-29(45)19-12-14-37(2)22(30(46)38(19)3)27(50-32-26(44)23(41)20(16-34)48-32)28-24(42)25(43)31(49-28)39-15-13-21(40)36-33(39)47/h8-13,15,20,22-28,31-32,41-44H,4-7,14,16,34H2,1-3H3,(H,35,45)(H,36,40,47)/t20?,22-,23?,24?,25?,26?,27-,28?,31?,32?/m0/s1. The molecule has 0 saturated carbocycles. The molecule has 2 amide bonds. The lowest BCUT2D eigenvalue weighted by Gasteiger charge is -2.38. The predicted octanol–water partition coefficient (Wildman–Crippen LogP) is -2.03. The van der Waals surface area contributed by atoms with E-state index in [1.807, 2.05) is 12.1 Å². The summed E-state index contributed by atoms with van der Waals surface area (Å²) in [4.78, 5) is 56.7. The van der Waals surface area contributed by atoms with Gasteiger partial charge in [0.25, 0.3) is 11.5 Å². The third-order valence-electron chi connectivity index (χ3n) is 9.38. The molecular weight excluding hydrogens is 656 g/mol. The van der Waals surface area contributed by atoms with E-state index in [9.17, 15) is 39.6 Å². The van der Waals surface area contributed by atoms with E-state index in [2.05, 4.69) is 17.2 Å². The largest absolute Gasteiger partial charge is 0.387 e. The van der Waals surface area contributed by atoms with Crippen LogP contribution >= 0.6 is 0 Å². The van der Waals surface area contributed by atoms with Crippen LogP contribution in [0.3, 0.4) is 0 Å². The third kappa shape index (κ3) is 7.75. The van der Waals surface area contributed by atoms with E-state index in [0.29, 0.717) is 5.69 Å². The molecule has 2 fully saturated rings. The maximum absolute atomic E-state index is 14.3. The van der Waals surface area contributed by atoms with Gasteiger partial charge in [0, 0.05) is 38.1 Å². The minimum absolute atomic E-state index is 0.0238. The molecule has 0 aliphatic carbocycles. The highest BCUT2D eigenvalue weighted by molar-refractivity contribution is 6.06. The van der Waals surface area contributed by atoms with Gasteiger partial charge < -0.3 is 50.6 Å². The Hall–Kier alpha value is -3.78. The second-order valence-corrected chi connectivity index (χ2v) is 12.8. The van der Waals surface area contributed by atoms with E-state index >= 15 is 0 Å². The van der Waals surface area contributed by atoms with Gasteiger partial charge in [-0.15, -0.1) is 0 Å². The van der Waals surface area contributed by atoms with E-state index in [-0.39, 0.29) is 18.8 Å². The quantitative estimate of drug-likeness (QED) is 0.118. The monoisotopic (exact) mass is 702 g/mol. The normalized spacial score (nSPS) is 31.0. The number of aliphatic hydroxyl groups excluding tert-OH is 4. The molecule has 10 atom stereocenters. The highest BCUT2D eigenvalue weighted by Gasteiger charge is 2.55. The SMILES string of the molecule is CCCCCc1ccc(NC(=O)C2=CCN(C)[C@@H]([C@H](OC3OC(CN)C(O)C3O)C3OC(n4ccc(=O)[nH]c4=O)C(O)C3O)C(=O)N2C)cc1. The number of nitrogens with one attached hydrogen (secondary N) is 2. The number of carbonyl (C=O) groups is 2. The Morgan fingerprint density at radius 2 is 1.74 bits per heavy atom. The van der Waals surface area contributed by atoms with Crippen LogP contribution in [0.25, 0.3) is 0 Å². The molecule has 0 bridgehead atoms. The summed E-state index contributed by atoms with van der Waals surface area (Å²) in [7, 11) is 2.96. The lowest BCUT2D eigenvalue weighted by atomic mass is 9.97. The van der Waals surface area contributed by atoms with Crippen LogP contribution in [-0.4, -0.2) is 134 Å². The molecule has 1 aromatic heterocycles. The molecule has 274 valence electrons. The summed E-state index contributed by atoms with van der Waals surface area (Å²) in [6.07, 6.45) is -6.90. The Kier molecular flexibility index (Phi) is 12.0. The van der Waals surface area contributed by atoms with Crippen molar-refractivity contribution in [1.82, 2.24) is 19.4 Å². The number of carbonyl (C=O) groups excluding carboxylic acids is 2. The van der Waals surface area contributed by atoms with Gasteiger partial charge in [-0.1, -0.05) is 31.9 Å². The zero-order chi connectivity index (χ0) is 36.3. The van der Waals surface area contributed by atoms with E-state index in [1.165, 1.54) is 11.9 Å². The first kappa shape index (κ1) is 37.5. The Bertz CT molecular complexity index is 1650. The van der Waals surface area contributed by atoms with Crippen LogP contribution in [0.5, 0.6) is 0 Å². The fourth-order valence-electron chi connectivity index (χ4n) is 6.47. The number of nitrogens with two attached hydrogens (primary N) is 1. The minimum atomic E-state index is -1.77. The predicted molar refractivity (Wildman–Crippen MR) is 177 cm³/mol. The topological polar surface area (TPSA) is 242 Å². The number of nitrogens with zero attached hydrogens (tertiary/aromatic N) is 3. The van der Waals surface area contributed by atoms with Crippen molar-refractivity contribution in [3.8, 4) is 0 Å². The zero-order valence-corrected chi connectivity index (χ0v) is 28.1. The van der Waals surface area contributed by atoms with Crippen LogP contribution in [0.1, 0.15) is 38.0 Å². The number of hydrogen-bond donors (Lipinski definition) is 7. The van der Waals surface area contributed by atoms with Crippen molar-refractivity contribution in [2.45, 2.75) is 93.9 Å². The molecule has 17 nitrogen and oxygen atoms in total. The summed E-state index contributed by atoms with van der Waals surface area (Å²) in [5.41, 5.74) is 5.76. The second-order valence-electron chi connectivity index (χ2n) is 12.8. The van der Waals surface area contributed by atoms with Gasteiger partial charge in [-0.3, -0.25) is 28.8 Å². The third-order valence-corrected chi connectivity index (χ3v) is 9.38. The molecular formula is C33H46N6O11. The number of ether oxygens (including phenoxy) is 3. The van der Waals surface area contributed by atoms with Gasteiger partial charge in [0.1, 0.15) is 54.5 Å². The van der Waals surface area contributed by atoms with Crippen molar-refractivity contribution in [2.24, 2.45) is 5.73 Å². The Balaban J connectivity index is 1.41. The molecule has 1 aromatic carbocycles. The number of amides is 2. The highest BCUT2D eigenvalue weighted by atomic mass is 16.7. The molecule has 8 N–H and O–H groups in total. The van der Waals surface area contributed by atoms with Crippen LogP contribution in [0.2, 0.25) is 0 Å².